The van der Waals surface area contributed by atoms with E-state index in [-0.39, 0.29) is 32.7 Å². The van der Waals surface area contributed by atoms with Gasteiger partial charge in [-0.2, -0.15) is 42.5 Å². The quantitative estimate of drug-likeness (QED) is 0.576. The molecule has 0 bridgehead atoms. The molecule has 20 heavy (non-hydrogen) atoms. The molecule has 0 fully saturated rings. The average Bonchev–Trinajstić information content (AvgIpc) is 2.52. The van der Waals surface area contributed by atoms with Crippen molar-refractivity contribution in [2.75, 3.05) is 0 Å². The van der Waals surface area contributed by atoms with Gasteiger partial charge in [0.2, 0.25) is 0 Å². The monoisotopic (exact) mass is 343 g/mol. The molecule has 0 saturated carbocycles. The van der Waals surface area contributed by atoms with E-state index < -0.39 is 0 Å². The van der Waals surface area contributed by atoms with Crippen molar-refractivity contribution in [1.29, 1.82) is 0 Å². The molecule has 0 spiro atoms. The van der Waals surface area contributed by atoms with Gasteiger partial charge in [0.05, 0.1) is 0 Å². The van der Waals surface area contributed by atoms with Crippen molar-refractivity contribution >= 4 is 0 Å². The van der Waals surface area contributed by atoms with Gasteiger partial charge in [0.25, 0.3) is 0 Å². The van der Waals surface area contributed by atoms with Crippen molar-refractivity contribution in [3.63, 3.8) is 0 Å². The van der Waals surface area contributed by atoms with Crippen molar-refractivity contribution < 1.29 is 32.7 Å². The van der Waals surface area contributed by atoms with Gasteiger partial charge in [-0.3, -0.25) is 0 Å². The largest absolute Gasteiger partial charge is 0.226 e. The Labute approximate surface area is 150 Å². The van der Waals surface area contributed by atoms with Crippen LogP contribution in [0.5, 0.6) is 0 Å². The Balaban J connectivity index is 0. The summed E-state index contributed by atoms with van der Waals surface area (Å²) in [6.07, 6.45) is 0. The van der Waals surface area contributed by atoms with Crippen molar-refractivity contribution in [2.24, 2.45) is 0 Å². The zero-order valence-electron chi connectivity index (χ0n) is 13.7. The number of hydrogen-bond donors (Lipinski definition) is 0. The van der Waals surface area contributed by atoms with Gasteiger partial charge < -0.3 is 0 Å². The Morgan fingerprint density at radius 1 is 0.800 bits per heavy atom. The van der Waals surface area contributed by atoms with E-state index in [9.17, 15) is 0 Å². The molecule has 0 aliphatic rings. The molecular formula is C19H26Y-2. The van der Waals surface area contributed by atoms with Gasteiger partial charge >= 0.3 is 0 Å². The van der Waals surface area contributed by atoms with Crippen LogP contribution in [0.15, 0.2) is 42.5 Å². The van der Waals surface area contributed by atoms with E-state index in [0.29, 0.717) is 5.92 Å². The molecule has 0 amide bonds. The van der Waals surface area contributed by atoms with E-state index in [4.69, 9.17) is 0 Å². The Bertz CT molecular complexity index is 433. The Kier molecular flexibility index (Phi) is 14.8. The molecule has 107 valence electrons. The minimum atomic E-state index is 0. The number of hydrogen-bond acceptors (Lipinski definition) is 0. The van der Waals surface area contributed by atoms with Gasteiger partial charge in [-0.05, 0) is 5.92 Å². The van der Waals surface area contributed by atoms with Crippen LogP contribution < -0.4 is 0 Å². The second-order valence-corrected chi connectivity index (χ2v) is 3.97. The van der Waals surface area contributed by atoms with Gasteiger partial charge in [0.15, 0.2) is 0 Å². The van der Waals surface area contributed by atoms with Crippen LogP contribution in [0, 0.1) is 12.1 Å². The van der Waals surface area contributed by atoms with Gasteiger partial charge in [-0.25, -0.2) is 11.1 Å². The molecule has 0 aromatic heterocycles. The zero-order chi connectivity index (χ0) is 14.7. The first kappa shape index (κ1) is 21.8. The van der Waals surface area contributed by atoms with E-state index in [1.54, 1.807) is 0 Å². The fraction of sp³-hybridized carbons (Fsp3) is 0.368. The van der Waals surface area contributed by atoms with Crippen molar-refractivity contribution in [1.82, 2.24) is 0 Å². The Hall–Kier alpha value is -0.456. The molecule has 2 aromatic rings. The molecule has 0 unspecified atom stereocenters. The van der Waals surface area contributed by atoms with Crippen LogP contribution in [-0.4, -0.2) is 0 Å². The predicted octanol–water partition coefficient (Wildman–Crippen LogP) is 6.13. The minimum Gasteiger partial charge on any atom is -0.226 e. The maximum absolute atomic E-state index is 3.25. The van der Waals surface area contributed by atoms with Gasteiger partial charge in [0, 0.05) is 32.7 Å². The second-order valence-electron chi connectivity index (χ2n) is 3.97. The van der Waals surface area contributed by atoms with Gasteiger partial charge in [-0.1, -0.05) is 41.5 Å². The molecular weight excluding hydrogens is 317 g/mol. The van der Waals surface area contributed by atoms with Crippen LogP contribution in [-0.2, 0) is 32.7 Å². The van der Waals surface area contributed by atoms with E-state index >= 15 is 0 Å². The molecule has 0 aliphatic carbocycles. The molecule has 0 heterocycles. The molecule has 2 aromatic carbocycles. The standard InChI is InChI=1S/C15H14.2C2H6.Y/c1-12(2)14-9-6-10-15(11-14)13-7-4-3-5-8-13;2*1-2;/h3-7,9,11-12H,1-2H3;2*1-2H3;/q-2;;;. The van der Waals surface area contributed by atoms with Crippen LogP contribution in [0.1, 0.15) is 53.0 Å². The summed E-state index contributed by atoms with van der Waals surface area (Å²) < 4.78 is 0. The van der Waals surface area contributed by atoms with Crippen molar-refractivity contribution in [2.45, 2.75) is 47.5 Å². The smallest absolute Gasteiger partial charge is 0 e. The first-order valence-electron chi connectivity index (χ1n) is 7.26. The van der Waals surface area contributed by atoms with Crippen LogP contribution >= 0.6 is 0 Å². The normalized spacial score (nSPS) is 8.55. The van der Waals surface area contributed by atoms with Crippen molar-refractivity contribution in [3.8, 4) is 11.1 Å². The summed E-state index contributed by atoms with van der Waals surface area (Å²) in [6.45, 7) is 12.4. The number of rotatable bonds is 2. The molecule has 0 aliphatic heterocycles. The summed E-state index contributed by atoms with van der Waals surface area (Å²) >= 11 is 0. The van der Waals surface area contributed by atoms with Crippen molar-refractivity contribution in [3.05, 3.63) is 60.2 Å². The van der Waals surface area contributed by atoms with Crippen LogP contribution in [0.3, 0.4) is 0 Å². The maximum atomic E-state index is 3.25. The fourth-order valence-electron chi connectivity index (χ4n) is 1.56. The second kappa shape index (κ2) is 13.5. The number of benzene rings is 2. The molecule has 2 rings (SSSR count). The summed E-state index contributed by atoms with van der Waals surface area (Å²) in [5.41, 5.74) is 3.59. The molecule has 0 atom stereocenters. The van der Waals surface area contributed by atoms with Crippen LogP contribution in [0.25, 0.3) is 11.1 Å². The zero-order valence-corrected chi connectivity index (χ0v) is 16.5. The maximum Gasteiger partial charge on any atom is 0 e. The topological polar surface area (TPSA) is 0 Å². The third kappa shape index (κ3) is 7.36. The van der Waals surface area contributed by atoms with Gasteiger partial charge in [-0.15, -0.1) is 17.7 Å². The summed E-state index contributed by atoms with van der Waals surface area (Å²) in [4.78, 5) is 0. The third-order valence-electron chi connectivity index (χ3n) is 2.49. The molecule has 0 nitrogen and oxygen atoms in total. The summed E-state index contributed by atoms with van der Waals surface area (Å²) in [5.74, 6) is 0.557. The fourth-order valence-corrected chi connectivity index (χ4v) is 1.56. The third-order valence-corrected chi connectivity index (χ3v) is 2.49. The van der Waals surface area contributed by atoms with Crippen LogP contribution in [0.4, 0.5) is 0 Å². The van der Waals surface area contributed by atoms with E-state index in [2.05, 4.69) is 44.2 Å². The minimum absolute atomic E-state index is 0. The van der Waals surface area contributed by atoms with E-state index in [1.807, 2.05) is 52.0 Å². The van der Waals surface area contributed by atoms with E-state index in [0.717, 1.165) is 11.1 Å². The Morgan fingerprint density at radius 3 is 1.90 bits per heavy atom. The summed E-state index contributed by atoms with van der Waals surface area (Å²) in [5, 5.41) is 0. The molecule has 1 heteroatoms. The summed E-state index contributed by atoms with van der Waals surface area (Å²) in [7, 11) is 0. The van der Waals surface area contributed by atoms with E-state index in [1.165, 1.54) is 5.56 Å². The first-order chi connectivity index (χ1) is 9.27. The summed E-state index contributed by atoms with van der Waals surface area (Å²) in [6, 6.07) is 20.8. The first-order valence-corrected chi connectivity index (χ1v) is 7.26. The average molecular weight is 343 g/mol. The molecule has 0 saturated heterocycles. The van der Waals surface area contributed by atoms with Gasteiger partial charge in [0.1, 0.15) is 0 Å². The molecule has 0 N–H and O–H groups in total. The SMILES string of the molecule is CC.CC.CC(C)c1cc[c-]c(-c2[c-]cccc2)c1.[Y]. The Morgan fingerprint density at radius 2 is 1.40 bits per heavy atom. The predicted molar refractivity (Wildman–Crippen MR) is 86.3 cm³/mol. The molecule has 1 radical (unpaired) electrons. The van der Waals surface area contributed by atoms with Crippen LogP contribution in [0.2, 0.25) is 0 Å².